The Bertz CT molecular complexity index is 1300. The minimum atomic E-state index is -0.154. The third kappa shape index (κ3) is 3.99. The Labute approximate surface area is 183 Å². The van der Waals surface area contributed by atoms with Crippen LogP contribution in [0.5, 0.6) is 5.75 Å². The molecule has 0 spiro atoms. The van der Waals surface area contributed by atoms with Crippen LogP contribution >= 0.6 is 23.4 Å². The summed E-state index contributed by atoms with van der Waals surface area (Å²) < 4.78 is 6.81. The van der Waals surface area contributed by atoms with Crippen molar-refractivity contribution in [3.8, 4) is 11.4 Å². The van der Waals surface area contributed by atoms with Crippen LogP contribution in [0.3, 0.4) is 0 Å². The number of hydrogen-bond acceptors (Lipinski definition) is 4. The normalized spacial score (nSPS) is 11.3. The van der Waals surface area contributed by atoms with Gasteiger partial charge in [-0.15, -0.1) is 11.8 Å². The average Bonchev–Trinajstić information content (AvgIpc) is 2.78. The Morgan fingerprint density at radius 2 is 1.80 bits per heavy atom. The molecule has 0 saturated heterocycles. The molecule has 0 fully saturated rings. The summed E-state index contributed by atoms with van der Waals surface area (Å²) in [5.74, 6) is 1.07. The lowest BCUT2D eigenvalue weighted by atomic mass is 10.2. The SMILES string of the molecule is COc1ccc(-n2c(/C=C/c3ccc(SC)cc3)nc3ccccc3c2=O)cc1Cl. The van der Waals surface area contributed by atoms with Crippen molar-refractivity contribution < 1.29 is 4.74 Å². The monoisotopic (exact) mass is 434 g/mol. The summed E-state index contributed by atoms with van der Waals surface area (Å²) in [7, 11) is 1.56. The third-order valence-electron chi connectivity index (χ3n) is 4.74. The lowest BCUT2D eigenvalue weighted by Crippen LogP contribution is -2.22. The van der Waals surface area contributed by atoms with Crippen LogP contribution in [-0.4, -0.2) is 22.9 Å². The van der Waals surface area contributed by atoms with Crippen molar-refractivity contribution in [3.05, 3.63) is 93.5 Å². The average molecular weight is 435 g/mol. The van der Waals surface area contributed by atoms with Gasteiger partial charge in [-0.1, -0.05) is 41.9 Å². The second kappa shape index (κ2) is 8.78. The number of ether oxygens (including phenoxy) is 1. The summed E-state index contributed by atoms with van der Waals surface area (Å²) in [6.45, 7) is 0. The van der Waals surface area contributed by atoms with Gasteiger partial charge in [0, 0.05) is 4.90 Å². The number of halogens is 1. The molecule has 30 heavy (non-hydrogen) atoms. The van der Waals surface area contributed by atoms with E-state index in [1.807, 2.05) is 48.7 Å². The van der Waals surface area contributed by atoms with E-state index in [-0.39, 0.29) is 5.56 Å². The molecule has 0 unspecified atom stereocenters. The highest BCUT2D eigenvalue weighted by Gasteiger charge is 2.12. The van der Waals surface area contributed by atoms with Crippen molar-refractivity contribution in [2.24, 2.45) is 0 Å². The van der Waals surface area contributed by atoms with Crippen LogP contribution < -0.4 is 10.3 Å². The van der Waals surface area contributed by atoms with Crippen molar-refractivity contribution >= 4 is 46.4 Å². The van der Waals surface area contributed by atoms with E-state index in [1.54, 1.807) is 47.7 Å². The molecule has 0 atom stereocenters. The van der Waals surface area contributed by atoms with Crippen LogP contribution in [-0.2, 0) is 0 Å². The van der Waals surface area contributed by atoms with E-state index < -0.39 is 0 Å². The van der Waals surface area contributed by atoms with Gasteiger partial charge in [-0.05, 0) is 60.4 Å². The first-order valence-corrected chi connectivity index (χ1v) is 10.9. The fourth-order valence-electron chi connectivity index (χ4n) is 3.19. The molecule has 0 amide bonds. The van der Waals surface area contributed by atoms with Crippen LogP contribution in [0.15, 0.2) is 76.4 Å². The molecule has 3 aromatic carbocycles. The molecular formula is C24H19ClN2O2S. The van der Waals surface area contributed by atoms with Crippen LogP contribution in [0.2, 0.25) is 5.02 Å². The molecule has 0 aliphatic heterocycles. The molecule has 0 aliphatic rings. The van der Waals surface area contributed by atoms with E-state index in [1.165, 1.54) is 4.90 Å². The number of aromatic nitrogens is 2. The predicted molar refractivity (Wildman–Crippen MR) is 126 cm³/mol. The highest BCUT2D eigenvalue weighted by Crippen LogP contribution is 2.27. The standard InChI is InChI=1S/C24H19ClN2O2S/c1-29-22-13-10-17(15-20(22)25)27-23(14-9-16-7-11-18(30-2)12-8-16)26-21-6-4-3-5-19(21)24(27)28/h3-15H,1-2H3/b14-9+. The second-order valence-electron chi connectivity index (χ2n) is 6.55. The number of para-hydroxylation sites is 1. The van der Waals surface area contributed by atoms with Gasteiger partial charge in [-0.2, -0.15) is 0 Å². The van der Waals surface area contributed by atoms with Gasteiger partial charge in [0.15, 0.2) is 0 Å². The smallest absolute Gasteiger partial charge is 0.266 e. The van der Waals surface area contributed by atoms with Gasteiger partial charge in [-0.3, -0.25) is 9.36 Å². The summed E-state index contributed by atoms with van der Waals surface area (Å²) in [5, 5.41) is 0.976. The molecule has 0 saturated carbocycles. The molecule has 6 heteroatoms. The van der Waals surface area contributed by atoms with Crippen molar-refractivity contribution in [3.63, 3.8) is 0 Å². The Morgan fingerprint density at radius 1 is 1.03 bits per heavy atom. The molecule has 4 rings (SSSR count). The molecular weight excluding hydrogens is 416 g/mol. The van der Waals surface area contributed by atoms with Gasteiger partial charge in [0.2, 0.25) is 0 Å². The van der Waals surface area contributed by atoms with E-state index in [2.05, 4.69) is 12.1 Å². The summed E-state index contributed by atoms with van der Waals surface area (Å²) in [4.78, 5) is 19.2. The molecule has 0 aliphatic carbocycles. The fraction of sp³-hybridized carbons (Fsp3) is 0.0833. The van der Waals surface area contributed by atoms with Gasteiger partial charge in [0.25, 0.3) is 5.56 Å². The molecule has 1 heterocycles. The van der Waals surface area contributed by atoms with Gasteiger partial charge in [0.1, 0.15) is 11.6 Å². The lowest BCUT2D eigenvalue weighted by molar-refractivity contribution is 0.415. The molecule has 150 valence electrons. The predicted octanol–water partition coefficient (Wildman–Crippen LogP) is 5.94. The minimum absolute atomic E-state index is 0.154. The maximum absolute atomic E-state index is 13.3. The number of methoxy groups -OCH3 is 1. The van der Waals surface area contributed by atoms with E-state index in [9.17, 15) is 4.79 Å². The number of benzene rings is 3. The van der Waals surface area contributed by atoms with Crippen molar-refractivity contribution in [1.29, 1.82) is 0 Å². The van der Waals surface area contributed by atoms with Crippen LogP contribution in [0, 0.1) is 0 Å². The number of hydrogen-bond donors (Lipinski definition) is 0. The highest BCUT2D eigenvalue weighted by atomic mass is 35.5. The minimum Gasteiger partial charge on any atom is -0.495 e. The van der Waals surface area contributed by atoms with Crippen molar-refractivity contribution in [2.75, 3.05) is 13.4 Å². The van der Waals surface area contributed by atoms with Gasteiger partial charge < -0.3 is 4.74 Å². The Morgan fingerprint density at radius 3 is 2.50 bits per heavy atom. The Hall–Kier alpha value is -3.02. The van der Waals surface area contributed by atoms with Crippen molar-refractivity contribution in [1.82, 2.24) is 9.55 Å². The second-order valence-corrected chi connectivity index (χ2v) is 7.84. The van der Waals surface area contributed by atoms with E-state index in [0.29, 0.717) is 33.2 Å². The van der Waals surface area contributed by atoms with Crippen LogP contribution in [0.1, 0.15) is 11.4 Å². The number of fused-ring (bicyclic) bond motifs is 1. The Kier molecular flexibility index (Phi) is 5.93. The third-order valence-corrected chi connectivity index (χ3v) is 5.77. The molecule has 0 radical (unpaired) electrons. The topological polar surface area (TPSA) is 44.1 Å². The van der Waals surface area contributed by atoms with Gasteiger partial charge in [0.05, 0.1) is 28.7 Å². The highest BCUT2D eigenvalue weighted by molar-refractivity contribution is 7.98. The Balaban J connectivity index is 1.89. The quantitative estimate of drug-likeness (QED) is 0.364. The first kappa shape index (κ1) is 20.3. The largest absolute Gasteiger partial charge is 0.495 e. The molecule has 4 nitrogen and oxygen atoms in total. The van der Waals surface area contributed by atoms with E-state index in [0.717, 1.165) is 5.56 Å². The number of thioether (sulfide) groups is 1. The molecule has 4 aromatic rings. The zero-order valence-electron chi connectivity index (χ0n) is 16.5. The fourth-order valence-corrected chi connectivity index (χ4v) is 3.85. The zero-order valence-corrected chi connectivity index (χ0v) is 18.1. The van der Waals surface area contributed by atoms with E-state index in [4.69, 9.17) is 21.3 Å². The first-order chi connectivity index (χ1) is 14.6. The number of rotatable bonds is 5. The maximum Gasteiger partial charge on any atom is 0.266 e. The molecule has 0 bridgehead atoms. The van der Waals surface area contributed by atoms with Gasteiger partial charge in [-0.25, -0.2) is 4.98 Å². The summed E-state index contributed by atoms with van der Waals surface area (Å²) in [6.07, 6.45) is 5.84. The maximum atomic E-state index is 13.3. The van der Waals surface area contributed by atoms with Crippen LogP contribution in [0.4, 0.5) is 0 Å². The van der Waals surface area contributed by atoms with Crippen molar-refractivity contribution in [2.45, 2.75) is 4.90 Å². The molecule has 0 N–H and O–H groups in total. The summed E-state index contributed by atoms with van der Waals surface area (Å²) in [5.41, 5.74) is 2.14. The first-order valence-electron chi connectivity index (χ1n) is 9.28. The van der Waals surface area contributed by atoms with Gasteiger partial charge >= 0.3 is 0 Å². The van der Waals surface area contributed by atoms with E-state index >= 15 is 0 Å². The lowest BCUT2D eigenvalue weighted by Gasteiger charge is -2.13. The van der Waals surface area contributed by atoms with Crippen LogP contribution in [0.25, 0.3) is 28.7 Å². The molecule has 1 aromatic heterocycles. The summed E-state index contributed by atoms with van der Waals surface area (Å²) >= 11 is 8.02. The number of nitrogens with zero attached hydrogens (tertiary/aromatic N) is 2. The summed E-state index contributed by atoms with van der Waals surface area (Å²) in [6, 6.07) is 20.8. The zero-order chi connectivity index (χ0) is 21.1.